The first-order chi connectivity index (χ1) is 8.59. The van der Waals surface area contributed by atoms with Crippen LogP contribution >= 0.6 is 0 Å². The predicted molar refractivity (Wildman–Crippen MR) is 63.1 cm³/mol. The Kier molecular flexibility index (Phi) is 3.95. The van der Waals surface area contributed by atoms with Gasteiger partial charge < -0.3 is 0 Å². The van der Waals surface area contributed by atoms with E-state index >= 15 is 0 Å². The summed E-state index contributed by atoms with van der Waals surface area (Å²) in [6.45, 7) is 1.92. The van der Waals surface area contributed by atoms with Crippen molar-refractivity contribution in [1.82, 2.24) is 0 Å². The van der Waals surface area contributed by atoms with Crippen molar-refractivity contribution < 1.29 is 18.3 Å². The maximum Gasteiger partial charge on any atom is 0.486 e. The molecule has 1 aromatic carbocycles. The number of ether oxygens (including phenoxy) is 2. The van der Waals surface area contributed by atoms with Crippen LogP contribution in [0.2, 0.25) is 0 Å². The second-order valence-electron chi connectivity index (χ2n) is 4.10. The molecule has 1 heterocycles. The molecule has 4 heteroatoms. The third kappa shape index (κ3) is 3.52. The lowest BCUT2D eigenvalue weighted by molar-refractivity contribution is -0.343. The lowest BCUT2D eigenvalue weighted by atomic mass is 10.1. The molecule has 1 fully saturated rings. The number of halogens is 2. The van der Waals surface area contributed by atoms with Gasteiger partial charge in [-0.3, -0.25) is 9.47 Å². The van der Waals surface area contributed by atoms with Gasteiger partial charge in [0, 0.05) is 5.56 Å². The number of hydrogen-bond acceptors (Lipinski definition) is 2. The molecular formula is C14H14F2O2. The maximum absolute atomic E-state index is 12.5. The molecule has 0 bridgehead atoms. The summed E-state index contributed by atoms with van der Waals surface area (Å²) in [6, 6.07) is 7.75. The molecule has 1 aliphatic heterocycles. The molecule has 0 aromatic heterocycles. The van der Waals surface area contributed by atoms with E-state index in [1.165, 1.54) is 5.56 Å². The van der Waals surface area contributed by atoms with Gasteiger partial charge in [-0.25, -0.2) is 0 Å². The van der Waals surface area contributed by atoms with Crippen LogP contribution in [0.15, 0.2) is 24.3 Å². The van der Waals surface area contributed by atoms with Crippen molar-refractivity contribution in [3.63, 3.8) is 0 Å². The summed E-state index contributed by atoms with van der Waals surface area (Å²) >= 11 is 0. The topological polar surface area (TPSA) is 18.5 Å². The molecule has 1 atom stereocenters. The fourth-order valence-corrected chi connectivity index (χ4v) is 1.68. The van der Waals surface area contributed by atoms with Crippen molar-refractivity contribution >= 4 is 0 Å². The Labute approximate surface area is 105 Å². The molecule has 0 spiro atoms. The molecular weight excluding hydrogens is 238 g/mol. The van der Waals surface area contributed by atoms with Crippen molar-refractivity contribution in [2.75, 3.05) is 6.61 Å². The largest absolute Gasteiger partial charge is 0.486 e. The maximum atomic E-state index is 12.5. The second-order valence-corrected chi connectivity index (χ2v) is 4.10. The Morgan fingerprint density at radius 3 is 2.61 bits per heavy atom. The minimum atomic E-state index is -3.50. The first-order valence-electron chi connectivity index (χ1n) is 5.89. The summed E-state index contributed by atoms with van der Waals surface area (Å²) in [4.78, 5) is 0. The molecule has 0 radical (unpaired) electrons. The van der Waals surface area contributed by atoms with Crippen molar-refractivity contribution in [3.8, 4) is 11.8 Å². The average molecular weight is 252 g/mol. The summed E-state index contributed by atoms with van der Waals surface area (Å²) in [5.74, 6) is 5.43. The van der Waals surface area contributed by atoms with Crippen molar-refractivity contribution in [3.05, 3.63) is 35.4 Å². The minimum Gasteiger partial charge on any atom is -0.292 e. The normalized spacial score (nSPS) is 21.4. The highest BCUT2D eigenvalue weighted by molar-refractivity contribution is 5.37. The van der Waals surface area contributed by atoms with Crippen LogP contribution in [0.1, 0.15) is 24.5 Å². The highest BCUT2D eigenvalue weighted by atomic mass is 19.3. The lowest BCUT2D eigenvalue weighted by Crippen LogP contribution is -2.16. The van der Waals surface area contributed by atoms with Crippen LogP contribution in [0.3, 0.4) is 0 Å². The van der Waals surface area contributed by atoms with Crippen LogP contribution in [-0.2, 0) is 15.9 Å². The highest BCUT2D eigenvalue weighted by Crippen LogP contribution is 2.25. The summed E-state index contributed by atoms with van der Waals surface area (Å²) in [5.41, 5.74) is 2.03. The Balaban J connectivity index is 1.98. The van der Waals surface area contributed by atoms with E-state index in [2.05, 4.69) is 28.2 Å². The molecule has 1 aliphatic rings. The molecule has 0 amide bonds. The van der Waals surface area contributed by atoms with Gasteiger partial charge in [-0.15, -0.1) is 8.78 Å². The van der Waals surface area contributed by atoms with Crippen LogP contribution in [0.4, 0.5) is 8.78 Å². The van der Waals surface area contributed by atoms with E-state index in [4.69, 9.17) is 0 Å². The fourth-order valence-electron chi connectivity index (χ4n) is 1.68. The van der Waals surface area contributed by atoms with Gasteiger partial charge in [0.1, 0.15) is 0 Å². The van der Waals surface area contributed by atoms with Crippen molar-refractivity contribution in [2.24, 2.45) is 0 Å². The van der Waals surface area contributed by atoms with E-state index in [9.17, 15) is 8.78 Å². The number of alkyl halides is 2. The van der Waals surface area contributed by atoms with Gasteiger partial charge in [0.05, 0.1) is 6.61 Å². The third-order valence-corrected chi connectivity index (χ3v) is 2.55. The minimum absolute atomic E-state index is 0.200. The Hall–Kier alpha value is -1.44. The Bertz CT molecular complexity index is 457. The monoisotopic (exact) mass is 252 g/mol. The van der Waals surface area contributed by atoms with Gasteiger partial charge in [-0.1, -0.05) is 37.3 Å². The zero-order chi connectivity index (χ0) is 13.0. The molecule has 1 aromatic rings. The van der Waals surface area contributed by atoms with Crippen LogP contribution < -0.4 is 0 Å². The van der Waals surface area contributed by atoms with Crippen molar-refractivity contribution in [2.45, 2.75) is 32.2 Å². The smallest absolute Gasteiger partial charge is 0.292 e. The zero-order valence-corrected chi connectivity index (χ0v) is 10.1. The van der Waals surface area contributed by atoms with Gasteiger partial charge in [0.25, 0.3) is 0 Å². The molecule has 2 rings (SSSR count). The van der Waals surface area contributed by atoms with E-state index in [1.54, 1.807) is 0 Å². The van der Waals surface area contributed by atoms with Gasteiger partial charge in [0.15, 0.2) is 6.10 Å². The van der Waals surface area contributed by atoms with Gasteiger partial charge >= 0.3 is 6.29 Å². The Morgan fingerprint density at radius 2 is 2.06 bits per heavy atom. The molecule has 2 nitrogen and oxygen atoms in total. The molecule has 96 valence electrons. The van der Waals surface area contributed by atoms with E-state index in [0.29, 0.717) is 0 Å². The van der Waals surface area contributed by atoms with Gasteiger partial charge in [-0.05, 0) is 24.1 Å². The molecule has 18 heavy (non-hydrogen) atoms. The zero-order valence-electron chi connectivity index (χ0n) is 10.1. The lowest BCUT2D eigenvalue weighted by Gasteiger charge is -2.03. The summed E-state index contributed by atoms with van der Waals surface area (Å²) < 4.78 is 33.5. The van der Waals surface area contributed by atoms with Gasteiger partial charge in [0.2, 0.25) is 0 Å². The predicted octanol–water partition coefficient (Wildman–Crippen LogP) is 2.96. The number of aryl methyl sites for hydroxylation is 1. The molecule has 0 aliphatic carbocycles. The Morgan fingerprint density at radius 1 is 1.33 bits per heavy atom. The fraction of sp³-hybridized carbons (Fsp3) is 0.429. The average Bonchev–Trinajstić information content (AvgIpc) is 2.69. The van der Waals surface area contributed by atoms with Crippen LogP contribution in [0.5, 0.6) is 0 Å². The van der Waals surface area contributed by atoms with E-state index in [1.807, 2.05) is 24.3 Å². The van der Waals surface area contributed by atoms with E-state index in [0.717, 1.165) is 18.4 Å². The van der Waals surface area contributed by atoms with Crippen molar-refractivity contribution in [1.29, 1.82) is 0 Å². The van der Waals surface area contributed by atoms with E-state index < -0.39 is 12.4 Å². The second kappa shape index (κ2) is 5.47. The molecule has 1 unspecified atom stereocenters. The molecule has 0 N–H and O–H groups in total. The van der Waals surface area contributed by atoms with Gasteiger partial charge in [-0.2, -0.15) is 0 Å². The number of hydrogen-bond donors (Lipinski definition) is 0. The third-order valence-electron chi connectivity index (χ3n) is 2.55. The summed E-state index contributed by atoms with van der Waals surface area (Å²) in [5, 5.41) is 0. The van der Waals surface area contributed by atoms with Crippen LogP contribution in [-0.4, -0.2) is 19.0 Å². The number of rotatable bonds is 2. The van der Waals surface area contributed by atoms with Crippen LogP contribution in [0, 0.1) is 11.8 Å². The van der Waals surface area contributed by atoms with E-state index in [-0.39, 0.29) is 6.61 Å². The highest BCUT2D eigenvalue weighted by Gasteiger charge is 2.42. The quantitative estimate of drug-likeness (QED) is 0.753. The first kappa shape index (κ1) is 13.0. The molecule has 0 saturated carbocycles. The summed E-state index contributed by atoms with van der Waals surface area (Å²) in [7, 11) is 0. The SMILES string of the molecule is CCCc1ccc(C#CC2COC(F)(F)O2)cc1. The van der Waals surface area contributed by atoms with Crippen LogP contribution in [0.25, 0.3) is 0 Å². The first-order valence-corrected chi connectivity index (χ1v) is 5.89. The number of benzene rings is 1. The molecule has 1 saturated heterocycles. The standard InChI is InChI=1S/C14H14F2O2/c1-2-3-11-4-6-12(7-5-11)8-9-13-10-17-14(15,16)18-13/h4-7,13H,2-3,10H2,1H3. The summed E-state index contributed by atoms with van der Waals surface area (Å²) in [6.07, 6.45) is -2.24.